The van der Waals surface area contributed by atoms with E-state index in [0.29, 0.717) is 34.9 Å². The molecule has 0 unspecified atom stereocenters. The van der Waals surface area contributed by atoms with E-state index in [2.05, 4.69) is 5.32 Å². The van der Waals surface area contributed by atoms with Crippen molar-refractivity contribution in [1.29, 1.82) is 0 Å². The van der Waals surface area contributed by atoms with Gasteiger partial charge in [-0.2, -0.15) is 0 Å². The molecular weight excluding hydrogens is 360 g/mol. The number of benzene rings is 2. The summed E-state index contributed by atoms with van der Waals surface area (Å²) in [5.41, 5.74) is 2.00. The Morgan fingerprint density at radius 3 is 2.14 bits per heavy atom. The fourth-order valence-electron chi connectivity index (χ4n) is 2.75. The maximum atomic E-state index is 12.3. The average molecular weight is 386 g/mol. The second-order valence-electron chi connectivity index (χ2n) is 6.36. The molecule has 7 nitrogen and oxygen atoms in total. The number of hydrogen-bond acceptors (Lipinski definition) is 5. The highest BCUT2D eigenvalue weighted by Gasteiger charge is 2.14. The van der Waals surface area contributed by atoms with Gasteiger partial charge in [-0.15, -0.1) is 0 Å². The minimum atomic E-state index is -0.150. The van der Waals surface area contributed by atoms with Gasteiger partial charge < -0.3 is 24.4 Å². The molecule has 0 spiro atoms. The topological polar surface area (TPSA) is 77.1 Å². The van der Waals surface area contributed by atoms with E-state index in [-0.39, 0.29) is 18.2 Å². The lowest BCUT2D eigenvalue weighted by Gasteiger charge is -2.14. The van der Waals surface area contributed by atoms with E-state index in [1.165, 1.54) is 4.90 Å². The summed E-state index contributed by atoms with van der Waals surface area (Å²) in [7, 11) is 8.02. The highest BCUT2D eigenvalue weighted by atomic mass is 16.5. The summed E-state index contributed by atoms with van der Waals surface area (Å²) in [6.45, 7) is 0. The third-order valence-corrected chi connectivity index (χ3v) is 4.16. The summed E-state index contributed by atoms with van der Waals surface area (Å²) >= 11 is 0. The molecule has 2 aromatic carbocycles. The maximum Gasteiger partial charge on any atom is 0.253 e. The predicted molar refractivity (Wildman–Crippen MR) is 108 cm³/mol. The van der Waals surface area contributed by atoms with Gasteiger partial charge in [0, 0.05) is 31.8 Å². The minimum Gasteiger partial charge on any atom is -0.493 e. The standard InChI is InChI=1S/C21H26N2O5/c1-23(2)21(25)15-7-6-8-16(13-15)22-19(24)10-9-14-11-17(26-3)20(28-5)18(12-14)27-4/h6-8,11-13H,9-10H2,1-5H3,(H,22,24). The van der Waals surface area contributed by atoms with Crippen molar-refractivity contribution in [2.24, 2.45) is 0 Å². The van der Waals surface area contributed by atoms with Gasteiger partial charge in [0.05, 0.1) is 21.3 Å². The number of methoxy groups -OCH3 is 3. The molecule has 28 heavy (non-hydrogen) atoms. The van der Waals surface area contributed by atoms with Crippen LogP contribution in [0, 0.1) is 0 Å². The van der Waals surface area contributed by atoms with Crippen molar-refractivity contribution < 1.29 is 23.8 Å². The molecule has 150 valence electrons. The van der Waals surface area contributed by atoms with Crippen LogP contribution in [0.1, 0.15) is 22.3 Å². The zero-order chi connectivity index (χ0) is 20.7. The lowest BCUT2D eigenvalue weighted by molar-refractivity contribution is -0.116. The molecule has 0 bridgehead atoms. The lowest BCUT2D eigenvalue weighted by Crippen LogP contribution is -2.22. The van der Waals surface area contributed by atoms with Crippen LogP contribution in [-0.2, 0) is 11.2 Å². The number of aryl methyl sites for hydroxylation is 1. The Labute approximate surface area is 165 Å². The number of hydrogen-bond donors (Lipinski definition) is 1. The van der Waals surface area contributed by atoms with Crippen molar-refractivity contribution in [3.8, 4) is 17.2 Å². The zero-order valence-electron chi connectivity index (χ0n) is 16.9. The Kier molecular flexibility index (Phi) is 7.26. The smallest absolute Gasteiger partial charge is 0.253 e. The summed E-state index contributed by atoms with van der Waals surface area (Å²) in [4.78, 5) is 25.9. The third kappa shape index (κ3) is 5.16. The normalized spacial score (nSPS) is 10.2. The van der Waals surface area contributed by atoms with Crippen molar-refractivity contribution in [3.63, 3.8) is 0 Å². The Morgan fingerprint density at radius 2 is 1.61 bits per heavy atom. The van der Waals surface area contributed by atoms with E-state index in [4.69, 9.17) is 14.2 Å². The van der Waals surface area contributed by atoms with E-state index < -0.39 is 0 Å². The van der Waals surface area contributed by atoms with Crippen molar-refractivity contribution in [3.05, 3.63) is 47.5 Å². The molecule has 0 radical (unpaired) electrons. The minimum absolute atomic E-state index is 0.117. The van der Waals surface area contributed by atoms with Gasteiger partial charge in [0.15, 0.2) is 11.5 Å². The van der Waals surface area contributed by atoms with Gasteiger partial charge in [0.2, 0.25) is 11.7 Å². The summed E-state index contributed by atoms with van der Waals surface area (Å²) in [6.07, 6.45) is 0.767. The first-order valence-corrected chi connectivity index (χ1v) is 8.80. The number of carbonyl (C=O) groups excluding carboxylic acids is 2. The van der Waals surface area contributed by atoms with E-state index in [9.17, 15) is 9.59 Å². The van der Waals surface area contributed by atoms with Crippen molar-refractivity contribution >= 4 is 17.5 Å². The number of nitrogens with zero attached hydrogens (tertiary/aromatic N) is 1. The lowest BCUT2D eigenvalue weighted by atomic mass is 10.1. The van der Waals surface area contributed by atoms with Crippen LogP contribution in [0.3, 0.4) is 0 Å². The summed E-state index contributed by atoms with van der Waals surface area (Å²) in [5.74, 6) is 1.34. The molecule has 1 N–H and O–H groups in total. The zero-order valence-corrected chi connectivity index (χ0v) is 16.9. The van der Waals surface area contributed by atoms with Crippen LogP contribution in [0.4, 0.5) is 5.69 Å². The van der Waals surface area contributed by atoms with Crippen LogP contribution in [0.25, 0.3) is 0 Å². The predicted octanol–water partition coefficient (Wildman–Crippen LogP) is 2.99. The Balaban J connectivity index is 2.05. The van der Waals surface area contributed by atoms with Crippen LogP contribution in [0.15, 0.2) is 36.4 Å². The highest BCUT2D eigenvalue weighted by molar-refractivity contribution is 5.97. The largest absolute Gasteiger partial charge is 0.493 e. The number of amides is 2. The second-order valence-corrected chi connectivity index (χ2v) is 6.36. The molecule has 2 aromatic rings. The first-order valence-electron chi connectivity index (χ1n) is 8.80. The number of ether oxygens (including phenoxy) is 3. The summed E-state index contributed by atoms with van der Waals surface area (Å²) in [6, 6.07) is 10.5. The summed E-state index contributed by atoms with van der Waals surface area (Å²) in [5, 5.41) is 2.83. The molecule has 2 amide bonds. The molecule has 0 aliphatic carbocycles. The Bertz CT molecular complexity index is 823. The molecule has 0 aromatic heterocycles. The average Bonchev–Trinajstić information content (AvgIpc) is 2.70. The van der Waals surface area contributed by atoms with Gasteiger partial charge in [-0.25, -0.2) is 0 Å². The van der Waals surface area contributed by atoms with Crippen LogP contribution in [0.5, 0.6) is 17.2 Å². The van der Waals surface area contributed by atoms with Gasteiger partial charge in [-0.3, -0.25) is 9.59 Å². The quantitative estimate of drug-likeness (QED) is 0.755. The Hall–Kier alpha value is -3.22. The number of rotatable bonds is 8. The van der Waals surface area contributed by atoms with Gasteiger partial charge >= 0.3 is 0 Å². The van der Waals surface area contributed by atoms with Crippen molar-refractivity contribution in [2.75, 3.05) is 40.7 Å². The van der Waals surface area contributed by atoms with E-state index in [0.717, 1.165) is 5.56 Å². The fourth-order valence-corrected chi connectivity index (χ4v) is 2.75. The van der Waals surface area contributed by atoms with Crippen LogP contribution in [0.2, 0.25) is 0 Å². The van der Waals surface area contributed by atoms with Gasteiger partial charge in [0.1, 0.15) is 0 Å². The molecule has 0 heterocycles. The maximum absolute atomic E-state index is 12.3. The van der Waals surface area contributed by atoms with Crippen molar-refractivity contribution in [2.45, 2.75) is 12.8 Å². The molecule has 0 aliphatic rings. The third-order valence-electron chi connectivity index (χ3n) is 4.16. The molecule has 0 saturated carbocycles. The van der Waals surface area contributed by atoms with Crippen LogP contribution < -0.4 is 19.5 Å². The number of nitrogens with one attached hydrogen (secondary N) is 1. The van der Waals surface area contributed by atoms with Crippen LogP contribution in [-0.4, -0.2) is 52.1 Å². The highest BCUT2D eigenvalue weighted by Crippen LogP contribution is 2.38. The monoisotopic (exact) mass is 386 g/mol. The number of anilines is 1. The molecular formula is C21H26N2O5. The SMILES string of the molecule is COc1cc(CCC(=O)Nc2cccc(C(=O)N(C)C)c2)cc(OC)c1OC. The van der Waals surface area contributed by atoms with E-state index in [1.54, 1.807) is 59.7 Å². The molecule has 2 rings (SSSR count). The molecule has 7 heteroatoms. The van der Waals surface area contributed by atoms with Gasteiger partial charge in [-0.05, 0) is 42.3 Å². The fraction of sp³-hybridized carbons (Fsp3) is 0.333. The molecule has 0 saturated heterocycles. The molecule has 0 fully saturated rings. The first-order chi connectivity index (χ1) is 13.4. The molecule has 0 aliphatic heterocycles. The van der Waals surface area contributed by atoms with E-state index >= 15 is 0 Å². The first kappa shape index (κ1) is 21.1. The summed E-state index contributed by atoms with van der Waals surface area (Å²) < 4.78 is 16.0. The molecule has 0 atom stereocenters. The van der Waals surface area contributed by atoms with Gasteiger partial charge in [0.25, 0.3) is 5.91 Å². The van der Waals surface area contributed by atoms with E-state index in [1.807, 2.05) is 12.1 Å². The van der Waals surface area contributed by atoms with Crippen molar-refractivity contribution in [1.82, 2.24) is 4.90 Å². The van der Waals surface area contributed by atoms with Gasteiger partial charge in [-0.1, -0.05) is 6.07 Å². The van der Waals surface area contributed by atoms with Crippen LogP contribution >= 0.6 is 0 Å². The second kappa shape index (κ2) is 9.64. The number of carbonyl (C=O) groups is 2. The Morgan fingerprint density at radius 1 is 0.964 bits per heavy atom.